The fourth-order valence-corrected chi connectivity index (χ4v) is 3.54. The molecule has 0 aliphatic heterocycles. The van der Waals surface area contributed by atoms with E-state index < -0.39 is 8.07 Å². The Morgan fingerprint density at radius 1 is 1.00 bits per heavy atom. The van der Waals surface area contributed by atoms with E-state index in [-0.39, 0.29) is 0 Å². The van der Waals surface area contributed by atoms with Crippen LogP contribution in [-0.4, -0.2) is 8.07 Å². The molecule has 0 saturated carbocycles. The van der Waals surface area contributed by atoms with Gasteiger partial charge in [-0.05, 0) is 25.3 Å². The van der Waals surface area contributed by atoms with Crippen LogP contribution in [0.15, 0.2) is 11.6 Å². The first-order chi connectivity index (χ1) is 6.99. The number of rotatable bonds is 8. The molecule has 0 unspecified atom stereocenters. The molecule has 0 aromatic heterocycles. The highest BCUT2D eigenvalue weighted by atomic mass is 28.3. The van der Waals surface area contributed by atoms with E-state index in [9.17, 15) is 0 Å². The lowest BCUT2D eigenvalue weighted by Gasteiger charge is -2.18. The van der Waals surface area contributed by atoms with Crippen molar-refractivity contribution in [2.45, 2.75) is 78.1 Å². The minimum absolute atomic E-state index is 0.899. The molecule has 15 heavy (non-hydrogen) atoms. The topological polar surface area (TPSA) is 0 Å². The van der Waals surface area contributed by atoms with Crippen molar-refractivity contribution in [1.29, 1.82) is 0 Å². The van der Waals surface area contributed by atoms with Gasteiger partial charge in [-0.2, -0.15) is 0 Å². The fourth-order valence-electron chi connectivity index (χ4n) is 1.86. The van der Waals surface area contributed by atoms with Gasteiger partial charge in [-0.1, -0.05) is 64.4 Å². The number of allylic oxidation sites excluding steroid dienone is 2. The predicted molar refractivity (Wildman–Crippen MR) is 75.3 cm³/mol. The zero-order valence-electron chi connectivity index (χ0n) is 11.5. The molecule has 0 amide bonds. The van der Waals surface area contributed by atoms with Gasteiger partial charge < -0.3 is 0 Å². The molecule has 1 heteroatoms. The van der Waals surface area contributed by atoms with Crippen molar-refractivity contribution in [3.63, 3.8) is 0 Å². The first-order valence-corrected chi connectivity index (χ1v) is 10.4. The number of unbranched alkanes of at least 4 members (excludes halogenated alkanes) is 3. The molecule has 0 N–H and O–H groups in total. The summed E-state index contributed by atoms with van der Waals surface area (Å²) >= 11 is 0. The highest BCUT2D eigenvalue weighted by molar-refractivity contribution is 6.76. The molecule has 0 atom stereocenters. The van der Waals surface area contributed by atoms with E-state index in [4.69, 9.17) is 0 Å². The predicted octanol–water partition coefficient (Wildman–Crippen LogP) is 5.63. The molecule has 90 valence electrons. The molecule has 0 aromatic rings. The first-order valence-electron chi connectivity index (χ1n) is 6.67. The van der Waals surface area contributed by atoms with Crippen molar-refractivity contribution in [2.75, 3.05) is 0 Å². The van der Waals surface area contributed by atoms with E-state index in [2.05, 4.69) is 39.6 Å². The normalized spacial score (nSPS) is 13.3. The maximum atomic E-state index is 2.54. The van der Waals surface area contributed by atoms with Crippen LogP contribution >= 0.6 is 0 Å². The van der Waals surface area contributed by atoms with Gasteiger partial charge in [0.25, 0.3) is 0 Å². The zero-order valence-corrected chi connectivity index (χ0v) is 12.5. The van der Waals surface area contributed by atoms with E-state index in [1.165, 1.54) is 44.6 Å². The molecule has 0 nitrogen and oxygen atoms in total. The minimum Gasteiger partial charge on any atom is -0.0856 e. The zero-order chi connectivity index (χ0) is 11.7. The molecule has 0 aliphatic rings. The maximum absolute atomic E-state index is 2.54. The van der Waals surface area contributed by atoms with Gasteiger partial charge in [0.15, 0.2) is 0 Å². The Morgan fingerprint density at radius 2 is 1.60 bits per heavy atom. The Labute approximate surface area is 98.2 Å². The van der Waals surface area contributed by atoms with E-state index in [0.29, 0.717) is 0 Å². The van der Waals surface area contributed by atoms with Crippen LogP contribution in [0, 0.1) is 0 Å². The minimum atomic E-state index is -0.899. The summed E-state index contributed by atoms with van der Waals surface area (Å²) in [6.45, 7) is 12.0. The Balaban J connectivity index is 4.11. The lowest BCUT2D eigenvalue weighted by Crippen LogP contribution is -2.19. The second-order valence-corrected chi connectivity index (χ2v) is 11.3. The second kappa shape index (κ2) is 8.15. The molecule has 0 spiro atoms. The van der Waals surface area contributed by atoms with Gasteiger partial charge in [0.05, 0.1) is 0 Å². The third kappa shape index (κ3) is 10.2. The van der Waals surface area contributed by atoms with E-state index >= 15 is 0 Å². The largest absolute Gasteiger partial charge is 0.0856 e. The summed E-state index contributed by atoms with van der Waals surface area (Å²) in [6.07, 6.45) is 10.6. The molecular weight excluding hydrogens is 196 g/mol. The van der Waals surface area contributed by atoms with Gasteiger partial charge in [0.1, 0.15) is 0 Å². The SMILES string of the molecule is CCCC/C=C(/CCCC)C[Si](C)(C)C. The van der Waals surface area contributed by atoms with Crippen LogP contribution in [-0.2, 0) is 0 Å². The van der Waals surface area contributed by atoms with Crippen LogP contribution in [0.3, 0.4) is 0 Å². The lowest BCUT2D eigenvalue weighted by molar-refractivity contribution is 0.766. The molecule has 0 aromatic carbocycles. The van der Waals surface area contributed by atoms with Crippen LogP contribution in [0.2, 0.25) is 25.7 Å². The average molecular weight is 226 g/mol. The fraction of sp³-hybridized carbons (Fsp3) is 0.857. The van der Waals surface area contributed by atoms with E-state index in [0.717, 1.165) is 0 Å². The van der Waals surface area contributed by atoms with Crippen LogP contribution < -0.4 is 0 Å². The van der Waals surface area contributed by atoms with E-state index in [1.807, 2.05) is 0 Å². The quantitative estimate of drug-likeness (QED) is 0.286. The third-order valence-electron chi connectivity index (χ3n) is 2.60. The molecule has 0 fully saturated rings. The monoisotopic (exact) mass is 226 g/mol. The molecular formula is C14H30Si. The summed E-state index contributed by atoms with van der Waals surface area (Å²) in [4.78, 5) is 0. The average Bonchev–Trinajstić information content (AvgIpc) is 2.12. The molecule has 0 rings (SSSR count). The second-order valence-electron chi connectivity index (χ2n) is 5.85. The Kier molecular flexibility index (Phi) is 8.13. The van der Waals surface area contributed by atoms with Crippen LogP contribution in [0.5, 0.6) is 0 Å². The maximum Gasteiger partial charge on any atom is 0.0483 e. The van der Waals surface area contributed by atoms with Gasteiger partial charge in [-0.15, -0.1) is 0 Å². The summed E-state index contributed by atoms with van der Waals surface area (Å²) in [7, 11) is -0.899. The Bertz CT molecular complexity index is 174. The molecule has 0 saturated heterocycles. The van der Waals surface area contributed by atoms with Crippen molar-refractivity contribution >= 4 is 8.07 Å². The van der Waals surface area contributed by atoms with Crippen molar-refractivity contribution in [3.8, 4) is 0 Å². The summed E-state index contributed by atoms with van der Waals surface area (Å²) in [5, 5.41) is 0. The van der Waals surface area contributed by atoms with Crippen LogP contribution in [0.4, 0.5) is 0 Å². The molecule has 0 radical (unpaired) electrons. The number of hydrogen-bond donors (Lipinski definition) is 0. The van der Waals surface area contributed by atoms with Crippen LogP contribution in [0.25, 0.3) is 0 Å². The van der Waals surface area contributed by atoms with Gasteiger partial charge in [0.2, 0.25) is 0 Å². The standard InChI is InChI=1S/C14H30Si/c1-6-8-10-12-14(11-9-7-2)13-15(3,4)5/h12H,6-11,13H2,1-5H3/b14-12-. The lowest BCUT2D eigenvalue weighted by atomic mass is 10.1. The van der Waals surface area contributed by atoms with Gasteiger partial charge >= 0.3 is 0 Å². The van der Waals surface area contributed by atoms with Gasteiger partial charge in [0, 0.05) is 8.07 Å². The van der Waals surface area contributed by atoms with Crippen molar-refractivity contribution in [3.05, 3.63) is 11.6 Å². The summed E-state index contributed by atoms with van der Waals surface area (Å²) in [5.41, 5.74) is 1.75. The summed E-state index contributed by atoms with van der Waals surface area (Å²) < 4.78 is 0. The smallest absolute Gasteiger partial charge is 0.0483 e. The highest BCUT2D eigenvalue weighted by Crippen LogP contribution is 2.21. The van der Waals surface area contributed by atoms with Crippen LogP contribution in [0.1, 0.15) is 52.4 Å². The Hall–Kier alpha value is -0.0431. The van der Waals surface area contributed by atoms with Gasteiger partial charge in [-0.3, -0.25) is 0 Å². The first kappa shape index (κ1) is 15.0. The highest BCUT2D eigenvalue weighted by Gasteiger charge is 2.14. The molecule has 0 heterocycles. The summed E-state index contributed by atoms with van der Waals surface area (Å²) in [5.74, 6) is 0. The van der Waals surface area contributed by atoms with E-state index in [1.54, 1.807) is 5.57 Å². The molecule has 0 bridgehead atoms. The molecule has 0 aliphatic carbocycles. The summed E-state index contributed by atoms with van der Waals surface area (Å²) in [6, 6.07) is 1.41. The van der Waals surface area contributed by atoms with Crippen molar-refractivity contribution in [1.82, 2.24) is 0 Å². The Morgan fingerprint density at radius 3 is 2.07 bits per heavy atom. The van der Waals surface area contributed by atoms with Crippen molar-refractivity contribution < 1.29 is 0 Å². The third-order valence-corrected chi connectivity index (χ3v) is 4.11. The van der Waals surface area contributed by atoms with Gasteiger partial charge in [-0.25, -0.2) is 0 Å². The number of hydrogen-bond acceptors (Lipinski definition) is 0. The van der Waals surface area contributed by atoms with Crippen molar-refractivity contribution in [2.24, 2.45) is 0 Å².